The minimum Gasteiger partial charge on any atom is -0.396 e. The Morgan fingerprint density at radius 1 is 1.08 bits per heavy atom. The maximum Gasteiger partial charge on any atom is 0.261 e. The maximum atomic E-state index is 12.9. The largest absolute Gasteiger partial charge is 0.396 e. The van der Waals surface area contributed by atoms with Crippen molar-refractivity contribution in [2.45, 2.75) is 13.0 Å². The molecule has 0 bridgehead atoms. The van der Waals surface area contributed by atoms with Crippen LogP contribution < -0.4 is 10.9 Å². The molecule has 1 aromatic heterocycles. The fraction of sp³-hybridized carbons (Fsp3) is 0.150. The van der Waals surface area contributed by atoms with E-state index in [4.69, 9.17) is 5.11 Å². The number of nitrogens with one attached hydrogen (secondary N) is 1. The number of aromatic nitrogens is 2. The topological polar surface area (TPSA) is 84.2 Å². The van der Waals surface area contributed by atoms with E-state index in [0.717, 1.165) is 11.3 Å². The van der Waals surface area contributed by atoms with E-state index < -0.39 is 0 Å². The van der Waals surface area contributed by atoms with E-state index >= 15 is 0 Å². The molecule has 0 saturated heterocycles. The zero-order chi connectivity index (χ0) is 18.1. The van der Waals surface area contributed by atoms with Gasteiger partial charge in [0.25, 0.3) is 11.5 Å². The van der Waals surface area contributed by atoms with Gasteiger partial charge in [0, 0.05) is 24.4 Å². The summed E-state index contributed by atoms with van der Waals surface area (Å²) in [6.07, 6.45) is 2.07. The van der Waals surface area contributed by atoms with Crippen molar-refractivity contribution in [1.82, 2.24) is 9.55 Å². The van der Waals surface area contributed by atoms with Gasteiger partial charge in [-0.3, -0.25) is 14.2 Å². The molecule has 6 nitrogen and oxygen atoms in total. The molecule has 2 heterocycles. The average molecular weight is 347 g/mol. The normalized spacial score (nSPS) is 14.7. The van der Waals surface area contributed by atoms with E-state index in [1.807, 2.05) is 30.3 Å². The molecule has 0 atom stereocenters. The van der Waals surface area contributed by atoms with Crippen molar-refractivity contribution in [3.63, 3.8) is 0 Å². The van der Waals surface area contributed by atoms with Gasteiger partial charge in [-0.2, -0.15) is 0 Å². The lowest BCUT2D eigenvalue weighted by Crippen LogP contribution is -2.24. The van der Waals surface area contributed by atoms with Gasteiger partial charge in [-0.1, -0.05) is 30.3 Å². The molecular weight excluding hydrogens is 330 g/mol. The number of nitrogens with zero attached hydrogens (tertiary/aromatic N) is 2. The minimum absolute atomic E-state index is 0.0292. The molecule has 0 saturated carbocycles. The van der Waals surface area contributed by atoms with Crippen molar-refractivity contribution in [2.75, 3.05) is 11.9 Å². The number of rotatable bonds is 4. The van der Waals surface area contributed by atoms with Crippen LogP contribution in [-0.2, 0) is 11.3 Å². The van der Waals surface area contributed by atoms with E-state index in [-0.39, 0.29) is 18.1 Å². The zero-order valence-electron chi connectivity index (χ0n) is 14.0. The highest BCUT2D eigenvalue weighted by atomic mass is 16.3. The third kappa shape index (κ3) is 2.70. The van der Waals surface area contributed by atoms with Gasteiger partial charge in [-0.05, 0) is 30.7 Å². The van der Waals surface area contributed by atoms with Gasteiger partial charge in [0.15, 0.2) is 0 Å². The SMILES string of the molecule is O=C1Nc2ccccc2/C1=C/c1nc2ccccc2c(=O)n1CCCO. The quantitative estimate of drug-likeness (QED) is 0.709. The number of carbonyl (C=O) groups is 1. The number of benzene rings is 2. The van der Waals surface area contributed by atoms with Gasteiger partial charge in [0.2, 0.25) is 0 Å². The summed E-state index contributed by atoms with van der Waals surface area (Å²) in [4.78, 5) is 29.8. The number of aliphatic hydroxyl groups excluding tert-OH is 1. The lowest BCUT2D eigenvalue weighted by molar-refractivity contribution is -0.110. The van der Waals surface area contributed by atoms with E-state index in [1.165, 1.54) is 4.57 Å². The molecule has 0 unspecified atom stereocenters. The number of para-hydroxylation sites is 2. The molecule has 1 aliphatic heterocycles. The Morgan fingerprint density at radius 3 is 2.69 bits per heavy atom. The first-order valence-electron chi connectivity index (χ1n) is 8.42. The monoisotopic (exact) mass is 347 g/mol. The Kier molecular flexibility index (Phi) is 4.10. The van der Waals surface area contributed by atoms with Gasteiger partial charge >= 0.3 is 0 Å². The number of carbonyl (C=O) groups excluding carboxylic acids is 1. The fourth-order valence-electron chi connectivity index (χ4n) is 3.15. The van der Waals surface area contributed by atoms with Crippen LogP contribution in [0.2, 0.25) is 0 Å². The second-order valence-electron chi connectivity index (χ2n) is 6.08. The van der Waals surface area contributed by atoms with Crippen LogP contribution in [0.25, 0.3) is 22.6 Å². The summed E-state index contributed by atoms with van der Waals surface area (Å²) < 4.78 is 1.51. The van der Waals surface area contributed by atoms with Crippen LogP contribution in [0.15, 0.2) is 53.3 Å². The summed E-state index contributed by atoms with van der Waals surface area (Å²) in [5.41, 5.74) is 2.40. The highest BCUT2D eigenvalue weighted by molar-refractivity contribution is 6.34. The first-order valence-corrected chi connectivity index (χ1v) is 8.42. The molecule has 2 aromatic carbocycles. The van der Waals surface area contributed by atoms with E-state index in [2.05, 4.69) is 10.3 Å². The number of hydrogen-bond donors (Lipinski definition) is 2. The smallest absolute Gasteiger partial charge is 0.261 e. The summed E-state index contributed by atoms with van der Waals surface area (Å²) in [6.45, 7) is 0.300. The molecule has 130 valence electrons. The van der Waals surface area contributed by atoms with Gasteiger partial charge in [-0.25, -0.2) is 4.98 Å². The van der Waals surface area contributed by atoms with Gasteiger partial charge in [0.1, 0.15) is 5.82 Å². The molecule has 1 amide bonds. The standard InChI is InChI=1S/C20H17N3O3/c24-11-5-10-23-18(21-17-9-4-2-7-14(17)20(23)26)12-15-13-6-1-3-8-16(13)22-19(15)25/h1-4,6-9,12,24H,5,10-11H2,(H,22,25)/b15-12-. The van der Waals surface area contributed by atoms with Crippen molar-refractivity contribution in [1.29, 1.82) is 0 Å². The van der Waals surface area contributed by atoms with Crippen molar-refractivity contribution < 1.29 is 9.90 Å². The Morgan fingerprint density at radius 2 is 1.85 bits per heavy atom. The Hall–Kier alpha value is -3.25. The first-order chi connectivity index (χ1) is 12.7. The molecule has 4 rings (SSSR count). The van der Waals surface area contributed by atoms with Gasteiger partial charge < -0.3 is 10.4 Å². The number of fused-ring (bicyclic) bond motifs is 2. The second kappa shape index (κ2) is 6.57. The second-order valence-corrected chi connectivity index (χ2v) is 6.08. The van der Waals surface area contributed by atoms with Crippen LogP contribution in [-0.4, -0.2) is 27.2 Å². The average Bonchev–Trinajstić information content (AvgIpc) is 2.97. The summed E-state index contributed by atoms with van der Waals surface area (Å²) in [6, 6.07) is 14.5. The van der Waals surface area contributed by atoms with Crippen LogP contribution in [0.5, 0.6) is 0 Å². The number of aliphatic hydroxyl groups is 1. The van der Waals surface area contributed by atoms with Crippen LogP contribution >= 0.6 is 0 Å². The van der Waals surface area contributed by atoms with Crippen LogP contribution in [0.4, 0.5) is 5.69 Å². The third-order valence-electron chi connectivity index (χ3n) is 4.41. The number of anilines is 1. The van der Waals surface area contributed by atoms with Crippen molar-refractivity contribution in [3.05, 3.63) is 70.3 Å². The van der Waals surface area contributed by atoms with Gasteiger partial charge in [-0.15, -0.1) is 0 Å². The fourth-order valence-corrected chi connectivity index (χ4v) is 3.15. The highest BCUT2D eigenvalue weighted by Crippen LogP contribution is 2.32. The Bertz CT molecular complexity index is 1100. The molecule has 0 radical (unpaired) electrons. The third-order valence-corrected chi connectivity index (χ3v) is 4.41. The minimum atomic E-state index is -0.220. The van der Waals surface area contributed by atoms with Crippen LogP contribution in [0, 0.1) is 0 Å². The van der Waals surface area contributed by atoms with Crippen LogP contribution in [0.3, 0.4) is 0 Å². The Labute approximate surface area is 149 Å². The summed E-state index contributed by atoms with van der Waals surface area (Å²) in [5, 5.41) is 12.5. The summed E-state index contributed by atoms with van der Waals surface area (Å²) in [7, 11) is 0. The van der Waals surface area contributed by atoms with Crippen molar-refractivity contribution >= 4 is 34.1 Å². The first kappa shape index (κ1) is 16.2. The molecular formula is C20H17N3O3. The van der Waals surface area contributed by atoms with E-state index in [0.29, 0.717) is 35.3 Å². The zero-order valence-corrected chi connectivity index (χ0v) is 14.0. The molecule has 0 spiro atoms. The molecule has 0 aliphatic carbocycles. The van der Waals surface area contributed by atoms with E-state index in [9.17, 15) is 9.59 Å². The van der Waals surface area contributed by atoms with E-state index in [1.54, 1.807) is 24.3 Å². The van der Waals surface area contributed by atoms with Gasteiger partial charge in [0.05, 0.1) is 16.5 Å². The number of hydrogen-bond acceptors (Lipinski definition) is 4. The molecule has 0 fully saturated rings. The summed E-state index contributed by atoms with van der Waals surface area (Å²) >= 11 is 0. The molecule has 1 aliphatic rings. The molecule has 3 aromatic rings. The predicted octanol–water partition coefficient (Wildman–Crippen LogP) is 2.27. The summed E-state index contributed by atoms with van der Waals surface area (Å²) in [5.74, 6) is 0.186. The predicted molar refractivity (Wildman–Crippen MR) is 101 cm³/mol. The Balaban J connectivity index is 1.93. The molecule has 2 N–H and O–H groups in total. The van der Waals surface area contributed by atoms with Crippen LogP contribution in [0.1, 0.15) is 17.8 Å². The lowest BCUT2D eigenvalue weighted by Gasteiger charge is -2.11. The number of amides is 1. The lowest BCUT2D eigenvalue weighted by atomic mass is 10.1. The highest BCUT2D eigenvalue weighted by Gasteiger charge is 2.24. The molecule has 26 heavy (non-hydrogen) atoms. The maximum absolute atomic E-state index is 12.9. The molecule has 6 heteroatoms. The van der Waals surface area contributed by atoms with Crippen molar-refractivity contribution in [3.8, 4) is 0 Å². The van der Waals surface area contributed by atoms with Crippen molar-refractivity contribution in [2.24, 2.45) is 0 Å².